The molecule has 2 nitrogen and oxygen atoms in total. The van der Waals surface area contributed by atoms with Gasteiger partial charge >= 0.3 is 0 Å². The van der Waals surface area contributed by atoms with E-state index in [0.29, 0.717) is 5.78 Å². The predicted octanol–water partition coefficient (Wildman–Crippen LogP) is 3.14. The Morgan fingerprint density at radius 1 is 1.47 bits per heavy atom. The average Bonchev–Trinajstić information content (AvgIpc) is 2.50. The molecule has 0 radical (unpaired) electrons. The molecule has 1 aromatic heterocycles. The fourth-order valence-corrected chi connectivity index (χ4v) is 3.01. The molecule has 2 rings (SSSR count). The van der Waals surface area contributed by atoms with Crippen molar-refractivity contribution in [1.29, 1.82) is 0 Å². The van der Waals surface area contributed by atoms with Crippen LogP contribution in [0.1, 0.15) is 42.8 Å². The van der Waals surface area contributed by atoms with Gasteiger partial charge in [-0.25, -0.2) is 4.98 Å². The second-order valence-corrected chi connectivity index (χ2v) is 5.29. The van der Waals surface area contributed by atoms with Crippen molar-refractivity contribution in [3.63, 3.8) is 0 Å². The standard InChI is InChI=1S/C12H17NOS/c1-9-8-15-12(13-9)7-10-5-3-2-4-6-11(10)14/h8,10H,2-7H2,1H3. The smallest absolute Gasteiger partial charge is 0.136 e. The van der Waals surface area contributed by atoms with Gasteiger partial charge in [-0.15, -0.1) is 11.3 Å². The zero-order valence-corrected chi connectivity index (χ0v) is 9.98. The lowest BCUT2D eigenvalue weighted by Gasteiger charge is -2.10. The number of hydrogen-bond acceptors (Lipinski definition) is 3. The van der Waals surface area contributed by atoms with Crippen LogP contribution in [-0.2, 0) is 11.2 Å². The molecule has 0 N–H and O–H groups in total. The van der Waals surface area contributed by atoms with Gasteiger partial charge in [0.1, 0.15) is 5.78 Å². The molecule has 0 spiro atoms. The van der Waals surface area contributed by atoms with E-state index in [-0.39, 0.29) is 5.92 Å². The lowest BCUT2D eigenvalue weighted by atomic mass is 9.96. The molecule has 1 unspecified atom stereocenters. The topological polar surface area (TPSA) is 30.0 Å². The summed E-state index contributed by atoms with van der Waals surface area (Å²) in [6, 6.07) is 0. The highest BCUT2D eigenvalue weighted by atomic mass is 32.1. The molecule has 0 amide bonds. The SMILES string of the molecule is Cc1csc(CC2CCCCCC2=O)n1. The Balaban J connectivity index is 2.00. The summed E-state index contributed by atoms with van der Waals surface area (Å²) in [7, 11) is 0. The number of aromatic nitrogens is 1. The van der Waals surface area contributed by atoms with Crippen LogP contribution in [0.4, 0.5) is 0 Å². The molecular weight excluding hydrogens is 206 g/mol. The van der Waals surface area contributed by atoms with Crippen LogP contribution < -0.4 is 0 Å². The van der Waals surface area contributed by atoms with Crippen LogP contribution in [0, 0.1) is 12.8 Å². The summed E-state index contributed by atoms with van der Waals surface area (Å²) in [5.41, 5.74) is 1.08. The summed E-state index contributed by atoms with van der Waals surface area (Å²) in [5, 5.41) is 3.20. The highest BCUT2D eigenvalue weighted by Gasteiger charge is 2.21. The number of hydrogen-bond donors (Lipinski definition) is 0. The molecule has 1 aliphatic carbocycles. The van der Waals surface area contributed by atoms with Gasteiger partial charge in [0.05, 0.1) is 5.01 Å². The van der Waals surface area contributed by atoms with E-state index in [1.807, 2.05) is 6.92 Å². The van der Waals surface area contributed by atoms with Gasteiger partial charge in [0.15, 0.2) is 0 Å². The van der Waals surface area contributed by atoms with Crippen molar-refractivity contribution >= 4 is 17.1 Å². The number of ketones is 1. The van der Waals surface area contributed by atoms with E-state index in [9.17, 15) is 4.79 Å². The molecular formula is C12H17NOS. The minimum absolute atomic E-state index is 0.248. The van der Waals surface area contributed by atoms with Crippen molar-refractivity contribution < 1.29 is 4.79 Å². The molecule has 1 aliphatic rings. The van der Waals surface area contributed by atoms with E-state index in [2.05, 4.69) is 10.4 Å². The molecule has 0 saturated heterocycles. The summed E-state index contributed by atoms with van der Waals surface area (Å²) >= 11 is 1.69. The predicted molar refractivity (Wildman–Crippen MR) is 62.1 cm³/mol. The van der Waals surface area contributed by atoms with Crippen LogP contribution in [0.15, 0.2) is 5.38 Å². The van der Waals surface area contributed by atoms with E-state index >= 15 is 0 Å². The first-order valence-electron chi connectivity index (χ1n) is 5.69. The summed E-state index contributed by atoms with van der Waals surface area (Å²) in [4.78, 5) is 16.2. The van der Waals surface area contributed by atoms with E-state index in [1.165, 1.54) is 12.8 Å². The maximum atomic E-state index is 11.8. The minimum atomic E-state index is 0.248. The summed E-state index contributed by atoms with van der Waals surface area (Å²) in [6.45, 7) is 2.01. The molecule has 0 aromatic carbocycles. The van der Waals surface area contributed by atoms with Crippen molar-refractivity contribution in [3.05, 3.63) is 16.1 Å². The van der Waals surface area contributed by atoms with Gasteiger partial charge in [-0.2, -0.15) is 0 Å². The monoisotopic (exact) mass is 223 g/mol. The number of aryl methyl sites for hydroxylation is 1. The van der Waals surface area contributed by atoms with Gasteiger partial charge in [0.25, 0.3) is 0 Å². The fraction of sp³-hybridized carbons (Fsp3) is 0.667. The Hall–Kier alpha value is -0.700. The van der Waals surface area contributed by atoms with Gasteiger partial charge < -0.3 is 0 Å². The molecule has 3 heteroatoms. The van der Waals surface area contributed by atoms with Crippen LogP contribution >= 0.6 is 11.3 Å². The molecule has 0 bridgehead atoms. The summed E-state index contributed by atoms with van der Waals surface area (Å²) < 4.78 is 0. The Bertz CT molecular complexity index is 345. The van der Waals surface area contributed by atoms with Crippen molar-refractivity contribution in [2.45, 2.75) is 45.4 Å². The second kappa shape index (κ2) is 4.88. The molecule has 1 heterocycles. The van der Waals surface area contributed by atoms with E-state index < -0.39 is 0 Å². The Morgan fingerprint density at radius 3 is 3.07 bits per heavy atom. The average molecular weight is 223 g/mol. The number of thiazole rings is 1. The zero-order chi connectivity index (χ0) is 10.7. The molecule has 0 aliphatic heterocycles. The quantitative estimate of drug-likeness (QED) is 0.721. The van der Waals surface area contributed by atoms with E-state index in [4.69, 9.17) is 0 Å². The second-order valence-electron chi connectivity index (χ2n) is 4.35. The largest absolute Gasteiger partial charge is 0.299 e. The van der Waals surface area contributed by atoms with Crippen LogP contribution in [0.3, 0.4) is 0 Å². The number of carbonyl (C=O) groups is 1. The normalized spacial score (nSPS) is 22.7. The lowest BCUT2D eigenvalue weighted by molar-refractivity contribution is -0.122. The third-order valence-corrected chi connectivity index (χ3v) is 4.01. The van der Waals surface area contributed by atoms with Crippen molar-refractivity contribution in [2.24, 2.45) is 5.92 Å². The number of Topliss-reactive ketones (excluding diaryl/α,β-unsaturated/α-hetero) is 1. The molecule has 1 aromatic rings. The third-order valence-electron chi connectivity index (χ3n) is 3.02. The third kappa shape index (κ3) is 2.88. The lowest BCUT2D eigenvalue weighted by Crippen LogP contribution is -2.15. The van der Waals surface area contributed by atoms with Gasteiger partial charge in [-0.05, 0) is 19.8 Å². The van der Waals surface area contributed by atoms with Gasteiger partial charge in [0, 0.05) is 29.8 Å². The first-order chi connectivity index (χ1) is 7.25. The number of carbonyl (C=O) groups excluding carboxylic acids is 1. The molecule has 1 fully saturated rings. The van der Waals surface area contributed by atoms with Crippen LogP contribution in [0.25, 0.3) is 0 Å². The minimum Gasteiger partial charge on any atom is -0.299 e. The van der Waals surface area contributed by atoms with Crippen molar-refractivity contribution in [1.82, 2.24) is 4.98 Å². The van der Waals surface area contributed by atoms with Crippen molar-refractivity contribution in [3.8, 4) is 0 Å². The molecule has 1 atom stereocenters. The maximum Gasteiger partial charge on any atom is 0.136 e. The van der Waals surface area contributed by atoms with Gasteiger partial charge in [0.2, 0.25) is 0 Å². The fourth-order valence-electron chi connectivity index (χ4n) is 2.15. The van der Waals surface area contributed by atoms with Crippen molar-refractivity contribution in [2.75, 3.05) is 0 Å². The zero-order valence-electron chi connectivity index (χ0n) is 9.16. The van der Waals surface area contributed by atoms with E-state index in [1.54, 1.807) is 11.3 Å². The molecule has 15 heavy (non-hydrogen) atoms. The van der Waals surface area contributed by atoms with E-state index in [0.717, 1.165) is 36.4 Å². The Morgan fingerprint density at radius 2 is 2.33 bits per heavy atom. The van der Waals surface area contributed by atoms with Gasteiger partial charge in [-0.3, -0.25) is 4.79 Å². The maximum absolute atomic E-state index is 11.8. The van der Waals surface area contributed by atoms with Crippen LogP contribution in [0.5, 0.6) is 0 Å². The molecule has 82 valence electrons. The number of rotatable bonds is 2. The highest BCUT2D eigenvalue weighted by molar-refractivity contribution is 7.09. The van der Waals surface area contributed by atoms with Crippen LogP contribution in [-0.4, -0.2) is 10.8 Å². The summed E-state index contributed by atoms with van der Waals surface area (Å²) in [6.07, 6.45) is 6.25. The Labute approximate surface area is 94.7 Å². The molecule has 1 saturated carbocycles. The Kier molecular flexibility index (Phi) is 3.52. The highest BCUT2D eigenvalue weighted by Crippen LogP contribution is 2.24. The van der Waals surface area contributed by atoms with Crippen LogP contribution in [0.2, 0.25) is 0 Å². The van der Waals surface area contributed by atoms with Gasteiger partial charge in [-0.1, -0.05) is 12.8 Å². The number of nitrogens with zero attached hydrogens (tertiary/aromatic N) is 1. The first kappa shape index (κ1) is 10.8. The summed E-state index contributed by atoms with van der Waals surface area (Å²) in [5.74, 6) is 0.707. The first-order valence-corrected chi connectivity index (χ1v) is 6.57.